The Balaban J connectivity index is 1.18. The quantitative estimate of drug-likeness (QED) is 0.456. The van der Waals surface area contributed by atoms with Gasteiger partial charge in [-0.3, -0.25) is 19.3 Å². The van der Waals surface area contributed by atoms with Gasteiger partial charge in [0.25, 0.3) is 11.8 Å². The molecule has 3 heterocycles. The van der Waals surface area contributed by atoms with Crippen molar-refractivity contribution in [2.45, 2.75) is 25.5 Å². The van der Waals surface area contributed by atoms with Gasteiger partial charge in [-0.15, -0.1) is 0 Å². The number of para-hydroxylation sites is 2. The zero-order valence-electron chi connectivity index (χ0n) is 19.9. The highest BCUT2D eigenvalue weighted by Gasteiger charge is 2.44. The zero-order chi connectivity index (χ0) is 25.2. The summed E-state index contributed by atoms with van der Waals surface area (Å²) in [5.74, 6) is -0.0331. The number of hydrogen-bond acceptors (Lipinski definition) is 8. The molecule has 0 unspecified atom stereocenters. The predicted molar refractivity (Wildman–Crippen MR) is 128 cm³/mol. The van der Waals surface area contributed by atoms with E-state index < -0.39 is 18.1 Å². The molecular weight excluding hydrogens is 466 g/mol. The van der Waals surface area contributed by atoms with Gasteiger partial charge in [-0.2, -0.15) is 0 Å². The van der Waals surface area contributed by atoms with Crippen LogP contribution in [0.3, 0.4) is 0 Å². The van der Waals surface area contributed by atoms with Gasteiger partial charge < -0.3 is 19.1 Å². The minimum atomic E-state index is -0.714. The standard InChI is InChI=1S/C26H27N3O7/c1-2-34-26(33)17-7-9-18(10-8-17)29-23(30)15-19(24(29)31)27-11-13-28(14-12-27)25(32)22-16-35-20-5-3-4-6-21(20)36-22/h3-10,19,22H,2,11-16H2,1H3/t19-,22+/m1/s1. The summed E-state index contributed by atoms with van der Waals surface area (Å²) in [6, 6.07) is 12.9. The molecule has 3 amide bonds. The average Bonchev–Trinajstić information content (AvgIpc) is 3.21. The molecule has 2 aromatic carbocycles. The van der Waals surface area contributed by atoms with E-state index in [1.54, 1.807) is 48.2 Å². The molecule has 0 N–H and O–H groups in total. The van der Waals surface area contributed by atoms with E-state index in [4.69, 9.17) is 14.2 Å². The summed E-state index contributed by atoms with van der Waals surface area (Å²) in [4.78, 5) is 55.6. The van der Waals surface area contributed by atoms with Crippen LogP contribution >= 0.6 is 0 Å². The molecular formula is C26H27N3O7. The van der Waals surface area contributed by atoms with Gasteiger partial charge in [-0.25, -0.2) is 9.69 Å². The van der Waals surface area contributed by atoms with Crippen molar-refractivity contribution >= 4 is 29.4 Å². The molecule has 0 aliphatic carbocycles. The molecule has 0 aromatic heterocycles. The van der Waals surface area contributed by atoms with E-state index in [0.29, 0.717) is 48.9 Å². The van der Waals surface area contributed by atoms with Crippen LogP contribution in [0.15, 0.2) is 48.5 Å². The summed E-state index contributed by atoms with van der Waals surface area (Å²) >= 11 is 0. The molecule has 2 saturated heterocycles. The number of ether oxygens (including phenoxy) is 3. The molecule has 0 saturated carbocycles. The topological polar surface area (TPSA) is 106 Å². The van der Waals surface area contributed by atoms with Crippen LogP contribution in [0, 0.1) is 0 Å². The fraction of sp³-hybridized carbons (Fsp3) is 0.385. The highest BCUT2D eigenvalue weighted by atomic mass is 16.6. The first-order valence-electron chi connectivity index (χ1n) is 12.0. The van der Waals surface area contributed by atoms with Crippen LogP contribution < -0.4 is 14.4 Å². The molecule has 0 bridgehead atoms. The first-order valence-corrected chi connectivity index (χ1v) is 12.0. The number of anilines is 1. The molecule has 2 fully saturated rings. The van der Waals surface area contributed by atoms with E-state index in [2.05, 4.69) is 0 Å². The minimum absolute atomic E-state index is 0.0722. The van der Waals surface area contributed by atoms with Gasteiger partial charge in [0.2, 0.25) is 12.0 Å². The lowest BCUT2D eigenvalue weighted by Gasteiger charge is -2.38. The van der Waals surface area contributed by atoms with Crippen molar-refractivity contribution in [2.24, 2.45) is 0 Å². The molecule has 2 aromatic rings. The number of hydrogen-bond donors (Lipinski definition) is 0. The largest absolute Gasteiger partial charge is 0.485 e. The van der Waals surface area contributed by atoms with Crippen molar-refractivity contribution in [3.05, 3.63) is 54.1 Å². The number of carbonyl (C=O) groups is 4. The van der Waals surface area contributed by atoms with Crippen LogP contribution in [0.2, 0.25) is 0 Å². The van der Waals surface area contributed by atoms with Crippen LogP contribution in [0.4, 0.5) is 5.69 Å². The van der Waals surface area contributed by atoms with Gasteiger partial charge in [0.15, 0.2) is 11.5 Å². The van der Waals surface area contributed by atoms with Gasteiger partial charge in [0.05, 0.1) is 30.3 Å². The second kappa shape index (κ2) is 9.98. The van der Waals surface area contributed by atoms with E-state index in [-0.39, 0.29) is 37.4 Å². The first-order chi connectivity index (χ1) is 17.5. The molecule has 10 nitrogen and oxygen atoms in total. The minimum Gasteiger partial charge on any atom is -0.485 e. The maximum Gasteiger partial charge on any atom is 0.338 e. The van der Waals surface area contributed by atoms with Gasteiger partial charge in [0, 0.05) is 26.2 Å². The fourth-order valence-corrected chi connectivity index (χ4v) is 4.73. The van der Waals surface area contributed by atoms with Gasteiger partial charge in [-0.05, 0) is 43.3 Å². The van der Waals surface area contributed by atoms with Gasteiger partial charge in [0.1, 0.15) is 6.61 Å². The Morgan fingerprint density at radius 1 is 0.972 bits per heavy atom. The molecule has 2 atom stereocenters. The Kier molecular flexibility index (Phi) is 6.60. The second-order valence-electron chi connectivity index (χ2n) is 8.78. The third kappa shape index (κ3) is 4.51. The SMILES string of the molecule is CCOC(=O)c1ccc(N2C(=O)C[C@@H](N3CCN(C(=O)[C@@H]4COc5ccccc5O4)CC3)C2=O)cc1. The normalized spacial score (nSPS) is 22.0. The van der Waals surface area contributed by atoms with Crippen molar-refractivity contribution in [3.63, 3.8) is 0 Å². The number of fused-ring (bicyclic) bond motifs is 1. The van der Waals surface area contributed by atoms with Gasteiger partial charge >= 0.3 is 5.97 Å². The van der Waals surface area contributed by atoms with E-state index in [9.17, 15) is 19.2 Å². The molecule has 0 spiro atoms. The summed E-state index contributed by atoms with van der Waals surface area (Å²) in [5.41, 5.74) is 0.775. The van der Waals surface area contributed by atoms with Gasteiger partial charge in [-0.1, -0.05) is 12.1 Å². The summed E-state index contributed by atoms with van der Waals surface area (Å²) in [6.07, 6.45) is -0.642. The maximum absolute atomic E-state index is 13.2. The summed E-state index contributed by atoms with van der Waals surface area (Å²) < 4.78 is 16.5. The zero-order valence-corrected chi connectivity index (χ0v) is 19.9. The number of nitrogens with zero attached hydrogens (tertiary/aromatic N) is 3. The molecule has 3 aliphatic rings. The number of piperazine rings is 1. The highest BCUT2D eigenvalue weighted by molar-refractivity contribution is 6.22. The Labute approximate surface area is 208 Å². The molecule has 10 heteroatoms. The number of esters is 1. The Hall–Kier alpha value is -3.92. The van der Waals surface area contributed by atoms with E-state index in [0.717, 1.165) is 0 Å². The van der Waals surface area contributed by atoms with Crippen molar-refractivity contribution in [1.82, 2.24) is 9.80 Å². The summed E-state index contributed by atoms with van der Waals surface area (Å²) in [7, 11) is 0. The number of rotatable bonds is 5. The summed E-state index contributed by atoms with van der Waals surface area (Å²) in [5, 5.41) is 0. The lowest BCUT2D eigenvalue weighted by Crippen LogP contribution is -2.57. The number of benzene rings is 2. The van der Waals surface area contributed by atoms with E-state index >= 15 is 0 Å². The van der Waals surface area contributed by atoms with Crippen molar-refractivity contribution in [1.29, 1.82) is 0 Å². The smallest absolute Gasteiger partial charge is 0.338 e. The van der Waals surface area contributed by atoms with Crippen molar-refractivity contribution < 1.29 is 33.4 Å². The lowest BCUT2D eigenvalue weighted by molar-refractivity contribution is -0.143. The molecule has 36 heavy (non-hydrogen) atoms. The van der Waals surface area contributed by atoms with Crippen LogP contribution in [0.5, 0.6) is 11.5 Å². The monoisotopic (exact) mass is 493 g/mol. The second-order valence-corrected chi connectivity index (χ2v) is 8.78. The lowest BCUT2D eigenvalue weighted by atomic mass is 10.1. The van der Waals surface area contributed by atoms with Crippen LogP contribution in [0.25, 0.3) is 0 Å². The van der Waals surface area contributed by atoms with E-state index in [1.807, 2.05) is 17.0 Å². The van der Waals surface area contributed by atoms with Crippen molar-refractivity contribution in [3.8, 4) is 11.5 Å². The maximum atomic E-state index is 13.2. The highest BCUT2D eigenvalue weighted by Crippen LogP contribution is 2.32. The molecule has 188 valence electrons. The molecule has 0 radical (unpaired) electrons. The number of carbonyl (C=O) groups excluding carboxylic acids is 4. The Morgan fingerprint density at radius 3 is 2.36 bits per heavy atom. The third-order valence-corrected chi connectivity index (χ3v) is 6.61. The average molecular weight is 494 g/mol. The number of amides is 3. The third-order valence-electron chi connectivity index (χ3n) is 6.61. The number of imide groups is 1. The first kappa shape index (κ1) is 23.8. The van der Waals surface area contributed by atoms with Crippen LogP contribution in [-0.4, -0.2) is 85.0 Å². The molecule has 5 rings (SSSR count). The van der Waals surface area contributed by atoms with E-state index in [1.165, 1.54) is 4.90 Å². The van der Waals surface area contributed by atoms with Crippen molar-refractivity contribution in [2.75, 3.05) is 44.3 Å². The van der Waals surface area contributed by atoms with Crippen LogP contribution in [-0.2, 0) is 19.1 Å². The molecule has 3 aliphatic heterocycles. The fourth-order valence-electron chi connectivity index (χ4n) is 4.73. The Bertz CT molecular complexity index is 1170. The predicted octanol–water partition coefficient (Wildman–Crippen LogP) is 1.48. The Morgan fingerprint density at radius 2 is 1.67 bits per heavy atom. The summed E-state index contributed by atoms with van der Waals surface area (Å²) in [6.45, 7) is 3.92. The van der Waals surface area contributed by atoms with Crippen LogP contribution in [0.1, 0.15) is 23.7 Å².